The minimum absolute atomic E-state index is 0.610. The first-order valence-corrected chi connectivity index (χ1v) is 8.49. The van der Waals surface area contributed by atoms with Crippen molar-refractivity contribution in [1.29, 1.82) is 0 Å². The van der Waals surface area contributed by atoms with E-state index in [9.17, 15) is 0 Å². The van der Waals surface area contributed by atoms with Crippen LogP contribution in [0.1, 0.15) is 31.7 Å². The van der Waals surface area contributed by atoms with Crippen LogP contribution >= 0.6 is 11.6 Å². The summed E-state index contributed by atoms with van der Waals surface area (Å²) in [5.74, 6) is 5.05. The van der Waals surface area contributed by atoms with Gasteiger partial charge in [0.1, 0.15) is 0 Å². The summed E-state index contributed by atoms with van der Waals surface area (Å²) in [5, 5.41) is 4.56. The Labute approximate surface area is 126 Å². The van der Waals surface area contributed by atoms with E-state index >= 15 is 0 Å². The molecule has 3 saturated carbocycles. The Kier molecular flexibility index (Phi) is 3.27. The lowest BCUT2D eigenvalue weighted by atomic mass is 9.93. The zero-order valence-corrected chi connectivity index (χ0v) is 12.8. The molecule has 3 aliphatic rings. The topological polar surface area (TPSA) is 24.9 Å². The summed E-state index contributed by atoms with van der Waals surface area (Å²) >= 11 is 6.29. The van der Waals surface area contributed by atoms with Gasteiger partial charge in [-0.05, 0) is 73.4 Å². The van der Waals surface area contributed by atoms with Crippen LogP contribution in [0.2, 0.25) is 5.02 Å². The third-order valence-electron chi connectivity index (χ3n) is 6.02. The summed E-state index contributed by atoms with van der Waals surface area (Å²) in [6, 6.07) is 2.69. The van der Waals surface area contributed by atoms with Gasteiger partial charge in [0.15, 0.2) is 0 Å². The van der Waals surface area contributed by atoms with Crippen LogP contribution in [-0.2, 0) is 6.42 Å². The number of pyridine rings is 1. The Morgan fingerprint density at radius 3 is 2.75 bits per heavy atom. The van der Waals surface area contributed by atoms with Gasteiger partial charge in [0.05, 0.1) is 5.02 Å². The average Bonchev–Trinajstić information content (AvgIpc) is 2.88. The van der Waals surface area contributed by atoms with Crippen LogP contribution in [0.3, 0.4) is 0 Å². The molecule has 5 unspecified atom stereocenters. The van der Waals surface area contributed by atoms with Gasteiger partial charge in [-0.1, -0.05) is 18.5 Å². The molecule has 1 N–H and O–H groups in total. The maximum atomic E-state index is 6.29. The van der Waals surface area contributed by atoms with Crippen LogP contribution in [0.15, 0.2) is 18.5 Å². The van der Waals surface area contributed by atoms with E-state index in [0.29, 0.717) is 6.04 Å². The second kappa shape index (κ2) is 4.99. The molecule has 0 radical (unpaired) electrons. The van der Waals surface area contributed by atoms with E-state index in [2.05, 4.69) is 23.3 Å². The second-order valence-corrected chi connectivity index (χ2v) is 7.31. The molecule has 1 aromatic heterocycles. The predicted molar refractivity (Wildman–Crippen MR) is 81.7 cm³/mol. The number of likely N-dealkylation sites (N-methyl/N-ethyl adjacent to an activating group) is 1. The lowest BCUT2D eigenvalue weighted by molar-refractivity contribution is 0.365. The first kappa shape index (κ1) is 13.1. The van der Waals surface area contributed by atoms with Crippen molar-refractivity contribution in [2.45, 2.75) is 38.6 Å². The molecule has 3 heteroatoms. The van der Waals surface area contributed by atoms with E-state index in [0.717, 1.165) is 47.6 Å². The fraction of sp³-hybridized carbons (Fsp3) is 0.706. The van der Waals surface area contributed by atoms with Crippen molar-refractivity contribution in [3.63, 3.8) is 0 Å². The van der Waals surface area contributed by atoms with Gasteiger partial charge < -0.3 is 5.32 Å². The number of hydrogen-bond acceptors (Lipinski definition) is 2. The zero-order valence-electron chi connectivity index (χ0n) is 12.1. The summed E-state index contributed by atoms with van der Waals surface area (Å²) in [4.78, 5) is 4.10. The molecule has 0 aliphatic heterocycles. The van der Waals surface area contributed by atoms with Gasteiger partial charge >= 0.3 is 0 Å². The van der Waals surface area contributed by atoms with Gasteiger partial charge in [-0.25, -0.2) is 0 Å². The van der Waals surface area contributed by atoms with Crippen molar-refractivity contribution in [2.75, 3.05) is 6.54 Å². The van der Waals surface area contributed by atoms with Crippen molar-refractivity contribution in [1.82, 2.24) is 10.3 Å². The summed E-state index contributed by atoms with van der Waals surface area (Å²) in [6.45, 7) is 3.27. The van der Waals surface area contributed by atoms with Crippen molar-refractivity contribution in [3.8, 4) is 0 Å². The Morgan fingerprint density at radius 2 is 2.10 bits per heavy atom. The fourth-order valence-electron chi connectivity index (χ4n) is 5.34. The quantitative estimate of drug-likeness (QED) is 0.897. The van der Waals surface area contributed by atoms with Crippen molar-refractivity contribution in [3.05, 3.63) is 29.0 Å². The Balaban J connectivity index is 1.50. The molecule has 0 spiro atoms. The first-order chi connectivity index (χ1) is 9.79. The number of fused-ring (bicyclic) bond motifs is 5. The molecule has 3 fully saturated rings. The van der Waals surface area contributed by atoms with E-state index < -0.39 is 0 Å². The number of aromatic nitrogens is 1. The highest BCUT2D eigenvalue weighted by Gasteiger charge is 2.66. The van der Waals surface area contributed by atoms with E-state index in [1.165, 1.54) is 24.8 Å². The molecule has 3 aliphatic carbocycles. The maximum absolute atomic E-state index is 6.29. The maximum Gasteiger partial charge on any atom is 0.0621 e. The van der Waals surface area contributed by atoms with E-state index in [1.54, 1.807) is 6.20 Å². The molecule has 1 aromatic rings. The molecule has 0 aromatic carbocycles. The van der Waals surface area contributed by atoms with Crippen molar-refractivity contribution < 1.29 is 0 Å². The van der Waals surface area contributed by atoms with E-state index in [-0.39, 0.29) is 0 Å². The smallest absolute Gasteiger partial charge is 0.0621 e. The highest BCUT2D eigenvalue weighted by atomic mass is 35.5. The Hall–Kier alpha value is -0.600. The molecule has 0 saturated heterocycles. The molecule has 4 rings (SSSR count). The highest BCUT2D eigenvalue weighted by molar-refractivity contribution is 6.31. The molecule has 20 heavy (non-hydrogen) atoms. The normalized spacial score (nSPS) is 38.8. The first-order valence-electron chi connectivity index (χ1n) is 8.11. The monoisotopic (exact) mass is 290 g/mol. The summed E-state index contributed by atoms with van der Waals surface area (Å²) in [7, 11) is 0. The van der Waals surface area contributed by atoms with Crippen molar-refractivity contribution >= 4 is 11.6 Å². The Bertz CT molecular complexity index is 488. The van der Waals surface area contributed by atoms with Gasteiger partial charge in [0.2, 0.25) is 0 Å². The summed E-state index contributed by atoms with van der Waals surface area (Å²) in [6.07, 6.45) is 9.22. The van der Waals surface area contributed by atoms with Crippen molar-refractivity contribution in [2.24, 2.45) is 29.6 Å². The predicted octanol–water partition coefficient (Wildman–Crippen LogP) is 3.55. The number of halogens is 1. The van der Waals surface area contributed by atoms with Crippen LogP contribution in [0.25, 0.3) is 0 Å². The summed E-state index contributed by atoms with van der Waals surface area (Å²) in [5.41, 5.74) is 1.25. The van der Waals surface area contributed by atoms with Crippen LogP contribution in [-0.4, -0.2) is 17.6 Å². The molecule has 1 heterocycles. The lowest BCUT2D eigenvalue weighted by Gasteiger charge is -2.22. The molecule has 2 bridgehead atoms. The SMILES string of the molecule is CCNC(Cc1ccncc1Cl)C1C2C3CCC(C3)C21. The second-order valence-electron chi connectivity index (χ2n) is 6.90. The number of hydrogen-bond donors (Lipinski definition) is 1. The molecule has 2 nitrogen and oxygen atoms in total. The van der Waals surface area contributed by atoms with E-state index in [1.807, 2.05) is 6.20 Å². The van der Waals surface area contributed by atoms with E-state index in [4.69, 9.17) is 11.6 Å². The third-order valence-corrected chi connectivity index (χ3v) is 6.36. The number of nitrogens with one attached hydrogen (secondary N) is 1. The fourth-order valence-corrected chi connectivity index (χ4v) is 5.54. The zero-order chi connectivity index (χ0) is 13.7. The van der Waals surface area contributed by atoms with Crippen LogP contribution in [0.4, 0.5) is 0 Å². The minimum Gasteiger partial charge on any atom is -0.314 e. The number of rotatable bonds is 5. The molecular formula is C17H23ClN2. The van der Waals surface area contributed by atoms with Crippen LogP contribution < -0.4 is 5.32 Å². The average molecular weight is 291 g/mol. The largest absolute Gasteiger partial charge is 0.314 e. The standard InChI is InChI=1S/C17H23ClN2/c1-2-20-14(8-10-5-6-19-9-13(10)18)17-15-11-3-4-12(7-11)16(15)17/h5-6,9,11-12,14-17,20H,2-4,7-8H2,1H3. The molecule has 5 atom stereocenters. The lowest BCUT2D eigenvalue weighted by Crippen LogP contribution is -2.35. The van der Waals surface area contributed by atoms with Gasteiger partial charge in [0, 0.05) is 18.4 Å². The van der Waals surface area contributed by atoms with Gasteiger partial charge in [-0.15, -0.1) is 0 Å². The van der Waals surface area contributed by atoms with Gasteiger partial charge in [-0.2, -0.15) is 0 Å². The number of nitrogens with zero attached hydrogens (tertiary/aromatic N) is 1. The van der Waals surface area contributed by atoms with Crippen LogP contribution in [0.5, 0.6) is 0 Å². The molecule has 108 valence electrons. The minimum atomic E-state index is 0.610. The van der Waals surface area contributed by atoms with Crippen LogP contribution in [0, 0.1) is 29.6 Å². The molecular weight excluding hydrogens is 268 g/mol. The summed E-state index contributed by atoms with van der Waals surface area (Å²) < 4.78 is 0. The highest BCUT2D eigenvalue weighted by Crippen LogP contribution is 2.70. The van der Waals surface area contributed by atoms with Gasteiger partial charge in [-0.3, -0.25) is 4.98 Å². The third kappa shape index (κ3) is 2.00. The Morgan fingerprint density at radius 1 is 1.35 bits per heavy atom. The molecule has 0 amide bonds. The van der Waals surface area contributed by atoms with Gasteiger partial charge in [0.25, 0.3) is 0 Å².